The Hall–Kier alpha value is -6.40. The van der Waals surface area contributed by atoms with Crippen molar-refractivity contribution < 1.29 is 0 Å². The van der Waals surface area contributed by atoms with Crippen LogP contribution in [-0.2, 0) is 0 Å². The molecule has 2 saturated carbocycles. The number of fused-ring (bicyclic) bond motifs is 1. The molecule has 0 aliphatic heterocycles. The second-order valence-electron chi connectivity index (χ2n) is 16.0. The predicted molar refractivity (Wildman–Crippen MR) is 235 cm³/mol. The summed E-state index contributed by atoms with van der Waals surface area (Å²) in [6.45, 7) is 0. The number of aromatic nitrogens is 6. The summed E-state index contributed by atoms with van der Waals surface area (Å²) < 4.78 is 0. The minimum Gasteiger partial charge on any atom is -0.213 e. The molecule has 2 aromatic heterocycles. The first-order valence-electron chi connectivity index (χ1n) is 21.1. The lowest BCUT2D eigenvalue weighted by Crippen LogP contribution is -2.11. The van der Waals surface area contributed by atoms with Crippen molar-refractivity contribution in [3.8, 4) is 67.8 Å². The van der Waals surface area contributed by atoms with Gasteiger partial charge in [-0.1, -0.05) is 172 Å². The molecule has 0 atom stereocenters. The number of benzene rings is 6. The first-order chi connectivity index (χ1) is 28.7. The van der Waals surface area contributed by atoms with Gasteiger partial charge in [-0.3, -0.25) is 0 Å². The molecule has 0 N–H and O–H groups in total. The van der Waals surface area contributed by atoms with Crippen LogP contribution in [-0.4, -0.2) is 29.9 Å². The molecule has 10 rings (SSSR count). The van der Waals surface area contributed by atoms with E-state index in [9.17, 15) is 0 Å². The minimum atomic E-state index is 0.360. The molecule has 2 aliphatic rings. The van der Waals surface area contributed by atoms with Gasteiger partial charge in [-0.05, 0) is 70.8 Å². The quantitative estimate of drug-likeness (QED) is 0.154. The Balaban J connectivity index is 1.06. The molecule has 8 aromatic rings. The van der Waals surface area contributed by atoms with E-state index in [1.54, 1.807) is 0 Å². The van der Waals surface area contributed by atoms with Crippen molar-refractivity contribution >= 4 is 10.8 Å². The van der Waals surface area contributed by atoms with Crippen LogP contribution in [0, 0.1) is 0 Å². The molecular weight excluding hydrogens is 709 g/mol. The van der Waals surface area contributed by atoms with E-state index < -0.39 is 0 Å². The summed E-state index contributed by atoms with van der Waals surface area (Å²) in [5.74, 6) is 5.49. The summed E-state index contributed by atoms with van der Waals surface area (Å²) in [6, 6.07) is 51.3. The van der Waals surface area contributed by atoms with Crippen LogP contribution in [0.1, 0.15) is 87.7 Å². The summed E-state index contributed by atoms with van der Waals surface area (Å²) in [5, 5.41) is 2.38. The second-order valence-corrected chi connectivity index (χ2v) is 16.0. The number of hydrogen-bond donors (Lipinski definition) is 0. The number of rotatable bonds is 8. The first kappa shape index (κ1) is 36.0. The van der Waals surface area contributed by atoms with Crippen molar-refractivity contribution in [2.75, 3.05) is 0 Å². The van der Waals surface area contributed by atoms with E-state index in [1.165, 1.54) is 49.3 Å². The summed E-state index contributed by atoms with van der Waals surface area (Å²) in [7, 11) is 0. The molecule has 0 bridgehead atoms. The third kappa shape index (κ3) is 7.43. The molecule has 2 aliphatic carbocycles. The van der Waals surface area contributed by atoms with Crippen molar-refractivity contribution in [1.82, 2.24) is 29.9 Å². The smallest absolute Gasteiger partial charge is 0.163 e. The Morgan fingerprint density at radius 3 is 1.10 bits per heavy atom. The molecule has 6 nitrogen and oxygen atoms in total. The van der Waals surface area contributed by atoms with E-state index in [4.69, 9.17) is 29.9 Å². The molecule has 58 heavy (non-hydrogen) atoms. The van der Waals surface area contributed by atoms with E-state index >= 15 is 0 Å². The Labute approximate surface area is 340 Å². The van der Waals surface area contributed by atoms with Crippen molar-refractivity contribution in [1.29, 1.82) is 0 Å². The predicted octanol–water partition coefficient (Wildman–Crippen LogP) is 13.3. The van der Waals surface area contributed by atoms with Crippen molar-refractivity contribution in [2.24, 2.45) is 0 Å². The zero-order valence-electron chi connectivity index (χ0n) is 32.8. The summed E-state index contributed by atoms with van der Waals surface area (Å²) >= 11 is 0. The highest BCUT2D eigenvalue weighted by atomic mass is 15.0. The van der Waals surface area contributed by atoms with Crippen LogP contribution < -0.4 is 0 Å². The molecule has 0 unspecified atom stereocenters. The molecule has 2 fully saturated rings. The van der Waals surface area contributed by atoms with Crippen molar-refractivity contribution in [3.05, 3.63) is 157 Å². The maximum Gasteiger partial charge on any atom is 0.163 e. The molecule has 6 aromatic carbocycles. The van der Waals surface area contributed by atoms with Gasteiger partial charge in [-0.2, -0.15) is 0 Å². The van der Waals surface area contributed by atoms with Gasteiger partial charge in [0.2, 0.25) is 0 Å². The van der Waals surface area contributed by atoms with Crippen LogP contribution in [0.4, 0.5) is 0 Å². The van der Waals surface area contributed by atoms with Crippen LogP contribution in [0.5, 0.6) is 0 Å². The average molecular weight is 755 g/mol. The molecule has 0 radical (unpaired) electrons. The van der Waals surface area contributed by atoms with Crippen LogP contribution in [0.25, 0.3) is 78.6 Å². The first-order valence-corrected chi connectivity index (χ1v) is 21.1. The van der Waals surface area contributed by atoms with E-state index in [2.05, 4.69) is 109 Å². The van der Waals surface area contributed by atoms with Gasteiger partial charge in [0.05, 0.1) is 0 Å². The topological polar surface area (TPSA) is 77.3 Å². The van der Waals surface area contributed by atoms with Gasteiger partial charge in [0, 0.05) is 34.1 Å². The normalized spacial score (nSPS) is 15.1. The van der Waals surface area contributed by atoms with Crippen molar-refractivity contribution in [3.63, 3.8) is 0 Å². The standard InChI is InChI=1S/C52H46N6/c1-5-17-36(18-6-1)47-53-48(37-19-7-2-8-20-37)56-51(55-47)42-29-13-27-40(33-42)44-31-15-25-35-26-16-32-45(46(35)44)41-28-14-30-43(34-41)52-57-49(38-21-9-3-10-22-38)54-50(58-52)39-23-11-4-12-24-39/h1,3,5-6,9-10,13-18,21-22,25-34,37,39H,2,4,7-8,11-12,19-20,23-24H2. The highest BCUT2D eigenvalue weighted by Gasteiger charge is 2.23. The number of nitrogens with zero attached hydrogens (tertiary/aromatic N) is 6. The Morgan fingerprint density at radius 2 is 0.672 bits per heavy atom. The summed E-state index contributed by atoms with van der Waals surface area (Å²) in [4.78, 5) is 30.7. The fourth-order valence-corrected chi connectivity index (χ4v) is 9.04. The van der Waals surface area contributed by atoms with Crippen LogP contribution in [0.15, 0.2) is 146 Å². The van der Waals surface area contributed by atoms with E-state index in [0.717, 1.165) is 105 Å². The van der Waals surface area contributed by atoms with Crippen LogP contribution >= 0.6 is 0 Å². The second kappa shape index (κ2) is 16.2. The maximum atomic E-state index is 5.18. The van der Waals surface area contributed by atoms with Gasteiger partial charge in [-0.25, -0.2) is 29.9 Å². The van der Waals surface area contributed by atoms with E-state index in [-0.39, 0.29) is 0 Å². The largest absolute Gasteiger partial charge is 0.213 e. The fraction of sp³-hybridized carbons (Fsp3) is 0.231. The van der Waals surface area contributed by atoms with Crippen LogP contribution in [0.3, 0.4) is 0 Å². The third-order valence-electron chi connectivity index (χ3n) is 12.1. The zero-order valence-corrected chi connectivity index (χ0v) is 32.8. The number of hydrogen-bond acceptors (Lipinski definition) is 6. The Bertz CT molecular complexity index is 2520. The molecule has 284 valence electrons. The van der Waals surface area contributed by atoms with Crippen LogP contribution in [0.2, 0.25) is 0 Å². The summed E-state index contributed by atoms with van der Waals surface area (Å²) in [5.41, 5.74) is 8.57. The Morgan fingerprint density at radius 1 is 0.310 bits per heavy atom. The molecule has 6 heteroatoms. The zero-order chi connectivity index (χ0) is 38.7. The van der Waals surface area contributed by atoms with E-state index in [0.29, 0.717) is 11.8 Å². The SMILES string of the molecule is c1ccc(-c2nc(-c3cccc(-c4cccc5cccc(-c6cccc(-c7nc(-c8ccccc8)nc(C8CCCCC8)n7)c6)c45)c3)nc(C3CCCCC3)n2)cc1. The fourth-order valence-electron chi connectivity index (χ4n) is 9.04. The summed E-state index contributed by atoms with van der Waals surface area (Å²) in [6.07, 6.45) is 12.0. The van der Waals surface area contributed by atoms with Gasteiger partial charge in [-0.15, -0.1) is 0 Å². The van der Waals surface area contributed by atoms with Crippen molar-refractivity contribution in [2.45, 2.75) is 76.0 Å². The lowest BCUT2D eigenvalue weighted by Gasteiger charge is -2.21. The third-order valence-corrected chi connectivity index (χ3v) is 12.1. The monoisotopic (exact) mass is 754 g/mol. The highest BCUT2D eigenvalue weighted by molar-refractivity contribution is 6.06. The molecular formula is C52H46N6. The van der Waals surface area contributed by atoms with Gasteiger partial charge in [0.25, 0.3) is 0 Å². The van der Waals surface area contributed by atoms with Gasteiger partial charge in [0.15, 0.2) is 23.3 Å². The molecule has 0 spiro atoms. The highest BCUT2D eigenvalue weighted by Crippen LogP contribution is 2.40. The van der Waals surface area contributed by atoms with Gasteiger partial charge in [0.1, 0.15) is 11.6 Å². The molecule has 0 amide bonds. The molecule has 2 heterocycles. The average Bonchev–Trinajstić information content (AvgIpc) is 3.32. The maximum absolute atomic E-state index is 5.18. The van der Waals surface area contributed by atoms with Gasteiger partial charge < -0.3 is 0 Å². The lowest BCUT2D eigenvalue weighted by atomic mass is 9.88. The Kier molecular flexibility index (Phi) is 10.1. The lowest BCUT2D eigenvalue weighted by molar-refractivity contribution is 0.428. The molecule has 0 saturated heterocycles. The minimum absolute atomic E-state index is 0.360. The van der Waals surface area contributed by atoms with E-state index in [1.807, 2.05) is 36.4 Å². The van der Waals surface area contributed by atoms with Gasteiger partial charge >= 0.3 is 0 Å².